The van der Waals surface area contributed by atoms with Gasteiger partial charge in [-0.25, -0.2) is 0 Å². The van der Waals surface area contributed by atoms with Crippen LogP contribution in [0.4, 0.5) is 0 Å². The SMILES string of the molecule is Cc1cccc(CN2CC(CN)CC2=O)n1. The molecule has 1 aliphatic rings. The molecule has 0 saturated carbocycles. The Balaban J connectivity index is 2.03. The van der Waals surface area contributed by atoms with Crippen LogP contribution in [0.15, 0.2) is 18.2 Å². The van der Waals surface area contributed by atoms with Crippen molar-refractivity contribution in [2.75, 3.05) is 13.1 Å². The average Bonchev–Trinajstić information content (AvgIpc) is 2.60. The van der Waals surface area contributed by atoms with Gasteiger partial charge in [0.15, 0.2) is 0 Å². The van der Waals surface area contributed by atoms with E-state index in [1.807, 2.05) is 30.0 Å². The van der Waals surface area contributed by atoms with Crippen molar-refractivity contribution in [3.05, 3.63) is 29.6 Å². The summed E-state index contributed by atoms with van der Waals surface area (Å²) < 4.78 is 0. The first kappa shape index (κ1) is 11.1. The summed E-state index contributed by atoms with van der Waals surface area (Å²) >= 11 is 0. The van der Waals surface area contributed by atoms with Gasteiger partial charge in [0, 0.05) is 18.7 Å². The van der Waals surface area contributed by atoms with Crippen molar-refractivity contribution in [1.29, 1.82) is 0 Å². The van der Waals surface area contributed by atoms with E-state index < -0.39 is 0 Å². The van der Waals surface area contributed by atoms with Crippen LogP contribution in [0.3, 0.4) is 0 Å². The van der Waals surface area contributed by atoms with E-state index in [2.05, 4.69) is 4.98 Å². The zero-order valence-corrected chi connectivity index (χ0v) is 9.52. The molecule has 0 aliphatic carbocycles. The lowest BCUT2D eigenvalue weighted by atomic mass is 10.1. The molecule has 1 aromatic rings. The molecule has 1 atom stereocenters. The van der Waals surface area contributed by atoms with Gasteiger partial charge in [-0.2, -0.15) is 0 Å². The number of amides is 1. The molecule has 1 amide bonds. The summed E-state index contributed by atoms with van der Waals surface area (Å²) in [7, 11) is 0. The fraction of sp³-hybridized carbons (Fsp3) is 0.500. The number of carbonyl (C=O) groups excluding carboxylic acids is 1. The fourth-order valence-corrected chi connectivity index (χ4v) is 2.05. The van der Waals surface area contributed by atoms with Crippen molar-refractivity contribution in [2.45, 2.75) is 19.9 Å². The van der Waals surface area contributed by atoms with E-state index in [1.165, 1.54) is 0 Å². The Labute approximate surface area is 95.5 Å². The average molecular weight is 219 g/mol. The topological polar surface area (TPSA) is 59.2 Å². The number of nitrogens with two attached hydrogens (primary N) is 1. The number of hydrogen-bond donors (Lipinski definition) is 1. The lowest BCUT2D eigenvalue weighted by Crippen LogP contribution is -2.26. The molecule has 2 N–H and O–H groups in total. The third kappa shape index (κ3) is 2.39. The number of likely N-dealkylation sites (tertiary alicyclic amines) is 1. The standard InChI is InChI=1S/C12H17N3O/c1-9-3-2-4-11(14-9)8-15-7-10(6-13)5-12(15)16/h2-4,10H,5-8,13H2,1H3. The Bertz CT molecular complexity index is 392. The molecular weight excluding hydrogens is 202 g/mol. The predicted molar refractivity (Wildman–Crippen MR) is 61.6 cm³/mol. The number of hydrogen-bond acceptors (Lipinski definition) is 3. The van der Waals surface area contributed by atoms with Crippen LogP contribution in [0, 0.1) is 12.8 Å². The number of rotatable bonds is 3. The monoisotopic (exact) mass is 219 g/mol. The molecular formula is C12H17N3O. The fourth-order valence-electron chi connectivity index (χ4n) is 2.05. The quantitative estimate of drug-likeness (QED) is 0.814. The first-order valence-electron chi connectivity index (χ1n) is 5.59. The molecule has 1 saturated heterocycles. The summed E-state index contributed by atoms with van der Waals surface area (Å²) in [5.41, 5.74) is 7.52. The normalized spacial score (nSPS) is 20.5. The van der Waals surface area contributed by atoms with Gasteiger partial charge in [0.25, 0.3) is 0 Å². The minimum atomic E-state index is 0.193. The van der Waals surface area contributed by atoms with Crippen LogP contribution in [0.5, 0.6) is 0 Å². The Morgan fingerprint density at radius 3 is 3.00 bits per heavy atom. The maximum Gasteiger partial charge on any atom is 0.223 e. The molecule has 1 aliphatic heterocycles. The van der Waals surface area contributed by atoms with E-state index >= 15 is 0 Å². The van der Waals surface area contributed by atoms with Crippen LogP contribution < -0.4 is 5.73 Å². The van der Waals surface area contributed by atoms with Crippen LogP contribution in [0.1, 0.15) is 17.8 Å². The molecule has 2 heterocycles. The second kappa shape index (κ2) is 4.61. The molecule has 2 rings (SSSR count). The minimum absolute atomic E-state index is 0.193. The summed E-state index contributed by atoms with van der Waals surface area (Å²) in [5.74, 6) is 0.510. The van der Waals surface area contributed by atoms with Gasteiger partial charge >= 0.3 is 0 Å². The van der Waals surface area contributed by atoms with E-state index in [0.29, 0.717) is 25.4 Å². The van der Waals surface area contributed by atoms with Crippen molar-refractivity contribution in [2.24, 2.45) is 11.7 Å². The second-order valence-electron chi connectivity index (χ2n) is 4.35. The van der Waals surface area contributed by atoms with Gasteiger partial charge in [0.1, 0.15) is 0 Å². The van der Waals surface area contributed by atoms with E-state index in [-0.39, 0.29) is 5.91 Å². The number of aromatic nitrogens is 1. The maximum atomic E-state index is 11.7. The second-order valence-corrected chi connectivity index (χ2v) is 4.35. The van der Waals surface area contributed by atoms with Gasteiger partial charge in [-0.1, -0.05) is 6.07 Å². The first-order chi connectivity index (χ1) is 7.69. The van der Waals surface area contributed by atoms with Crippen molar-refractivity contribution in [3.8, 4) is 0 Å². The minimum Gasteiger partial charge on any atom is -0.336 e. The predicted octanol–water partition coefficient (Wildman–Crippen LogP) is 0.697. The van der Waals surface area contributed by atoms with Crippen molar-refractivity contribution in [1.82, 2.24) is 9.88 Å². The summed E-state index contributed by atoms with van der Waals surface area (Å²) in [6.45, 7) is 3.92. The molecule has 0 spiro atoms. The molecule has 1 aromatic heterocycles. The molecule has 1 unspecified atom stereocenters. The number of aryl methyl sites for hydroxylation is 1. The largest absolute Gasteiger partial charge is 0.336 e. The van der Waals surface area contributed by atoms with Gasteiger partial charge in [-0.15, -0.1) is 0 Å². The van der Waals surface area contributed by atoms with Crippen LogP contribution in [0.2, 0.25) is 0 Å². The Morgan fingerprint density at radius 1 is 1.56 bits per heavy atom. The van der Waals surface area contributed by atoms with Crippen LogP contribution in [0.25, 0.3) is 0 Å². The molecule has 86 valence electrons. The molecule has 16 heavy (non-hydrogen) atoms. The van der Waals surface area contributed by atoms with E-state index in [0.717, 1.165) is 17.9 Å². The smallest absolute Gasteiger partial charge is 0.223 e. The first-order valence-corrected chi connectivity index (χ1v) is 5.59. The highest BCUT2D eigenvalue weighted by Gasteiger charge is 2.28. The van der Waals surface area contributed by atoms with Gasteiger partial charge < -0.3 is 10.6 Å². The summed E-state index contributed by atoms with van der Waals surface area (Å²) in [6.07, 6.45) is 0.586. The third-order valence-electron chi connectivity index (χ3n) is 2.93. The highest BCUT2D eigenvalue weighted by Crippen LogP contribution is 2.18. The zero-order chi connectivity index (χ0) is 11.5. The molecule has 0 aromatic carbocycles. The van der Waals surface area contributed by atoms with Crippen LogP contribution >= 0.6 is 0 Å². The Hall–Kier alpha value is -1.42. The van der Waals surface area contributed by atoms with E-state index in [9.17, 15) is 4.79 Å². The Morgan fingerprint density at radius 2 is 2.38 bits per heavy atom. The van der Waals surface area contributed by atoms with Gasteiger partial charge in [-0.05, 0) is 31.5 Å². The lowest BCUT2D eigenvalue weighted by molar-refractivity contribution is -0.128. The number of nitrogens with zero attached hydrogens (tertiary/aromatic N) is 2. The third-order valence-corrected chi connectivity index (χ3v) is 2.93. The van der Waals surface area contributed by atoms with Crippen LogP contribution in [-0.4, -0.2) is 28.9 Å². The van der Waals surface area contributed by atoms with Crippen molar-refractivity contribution < 1.29 is 4.79 Å². The summed E-state index contributed by atoms with van der Waals surface area (Å²) in [6, 6.07) is 5.88. The summed E-state index contributed by atoms with van der Waals surface area (Å²) in [5, 5.41) is 0. The number of carbonyl (C=O) groups is 1. The van der Waals surface area contributed by atoms with Crippen molar-refractivity contribution >= 4 is 5.91 Å². The maximum absolute atomic E-state index is 11.7. The van der Waals surface area contributed by atoms with Crippen molar-refractivity contribution in [3.63, 3.8) is 0 Å². The molecule has 4 heteroatoms. The van der Waals surface area contributed by atoms with Gasteiger partial charge in [-0.3, -0.25) is 9.78 Å². The highest BCUT2D eigenvalue weighted by molar-refractivity contribution is 5.78. The van der Waals surface area contributed by atoms with Gasteiger partial charge in [0.05, 0.1) is 12.2 Å². The number of pyridine rings is 1. The zero-order valence-electron chi connectivity index (χ0n) is 9.52. The summed E-state index contributed by atoms with van der Waals surface area (Å²) in [4.78, 5) is 17.9. The van der Waals surface area contributed by atoms with E-state index in [4.69, 9.17) is 5.73 Å². The van der Waals surface area contributed by atoms with Gasteiger partial charge in [0.2, 0.25) is 5.91 Å². The molecule has 0 radical (unpaired) electrons. The molecule has 4 nitrogen and oxygen atoms in total. The molecule has 0 bridgehead atoms. The molecule has 1 fully saturated rings. The highest BCUT2D eigenvalue weighted by atomic mass is 16.2. The van der Waals surface area contributed by atoms with Crippen LogP contribution in [-0.2, 0) is 11.3 Å². The Kier molecular flexibility index (Phi) is 3.19. The lowest BCUT2D eigenvalue weighted by Gasteiger charge is -2.15. The van der Waals surface area contributed by atoms with E-state index in [1.54, 1.807) is 0 Å².